The summed E-state index contributed by atoms with van der Waals surface area (Å²) in [5, 5.41) is 13.4. The molecule has 0 saturated carbocycles. The Bertz CT molecular complexity index is 354. The molecule has 4 heteroatoms. The number of halogens is 2. The van der Waals surface area contributed by atoms with E-state index in [0.717, 1.165) is 12.0 Å². The molecule has 0 spiro atoms. The number of rotatable bonds is 1. The lowest BCUT2D eigenvalue weighted by molar-refractivity contribution is 0.236. The Balaban J connectivity index is 2.36. The van der Waals surface area contributed by atoms with Gasteiger partial charge >= 0.3 is 0 Å². The van der Waals surface area contributed by atoms with Crippen molar-refractivity contribution < 1.29 is 5.11 Å². The first kappa shape index (κ1) is 10.2. The number of benzene rings is 1. The van der Waals surface area contributed by atoms with Crippen LogP contribution in [0.3, 0.4) is 0 Å². The van der Waals surface area contributed by atoms with E-state index in [1.807, 2.05) is 12.1 Å². The minimum absolute atomic E-state index is 0.139. The highest BCUT2D eigenvalue weighted by atomic mass is 35.5. The molecule has 0 fully saturated rings. The largest absolute Gasteiger partial charge is 0.395 e. The van der Waals surface area contributed by atoms with E-state index < -0.39 is 0 Å². The first-order chi connectivity index (χ1) is 6.72. The van der Waals surface area contributed by atoms with Crippen LogP contribution in [-0.2, 0) is 13.0 Å². The molecule has 1 atom stereocenters. The van der Waals surface area contributed by atoms with Gasteiger partial charge in [0, 0.05) is 12.6 Å². The molecular formula is C10H11Cl2NO. The number of aliphatic hydroxyl groups is 1. The van der Waals surface area contributed by atoms with Gasteiger partial charge in [-0.05, 0) is 23.6 Å². The molecule has 0 radical (unpaired) electrons. The summed E-state index contributed by atoms with van der Waals surface area (Å²) in [7, 11) is 0. The molecule has 0 saturated heterocycles. The first-order valence-corrected chi connectivity index (χ1v) is 5.28. The predicted octanol–water partition coefficient (Wildman–Crippen LogP) is 2.00. The minimum atomic E-state index is 0.139. The van der Waals surface area contributed by atoms with Crippen molar-refractivity contribution in [1.29, 1.82) is 0 Å². The maximum Gasteiger partial charge on any atom is 0.0640 e. The van der Waals surface area contributed by atoms with Crippen LogP contribution in [0.5, 0.6) is 0 Å². The van der Waals surface area contributed by atoms with E-state index in [-0.39, 0.29) is 12.6 Å². The van der Waals surface area contributed by atoms with Gasteiger partial charge in [0.05, 0.1) is 16.7 Å². The summed E-state index contributed by atoms with van der Waals surface area (Å²) in [6.45, 7) is 0.833. The summed E-state index contributed by atoms with van der Waals surface area (Å²) in [6, 6.07) is 3.93. The molecule has 2 N–H and O–H groups in total. The van der Waals surface area contributed by atoms with Gasteiger partial charge in [0.15, 0.2) is 0 Å². The van der Waals surface area contributed by atoms with Crippen molar-refractivity contribution in [2.75, 3.05) is 6.61 Å². The number of fused-ring (bicyclic) bond motifs is 1. The highest BCUT2D eigenvalue weighted by Gasteiger charge is 2.20. The molecule has 0 bridgehead atoms. The van der Waals surface area contributed by atoms with Gasteiger partial charge in [0.1, 0.15) is 0 Å². The Morgan fingerprint density at radius 1 is 1.43 bits per heavy atom. The zero-order valence-electron chi connectivity index (χ0n) is 7.56. The molecule has 14 heavy (non-hydrogen) atoms. The first-order valence-electron chi connectivity index (χ1n) is 4.52. The lowest BCUT2D eigenvalue weighted by atomic mass is 9.96. The monoisotopic (exact) mass is 231 g/mol. The number of nitrogens with one attached hydrogen (secondary N) is 1. The van der Waals surface area contributed by atoms with Crippen LogP contribution >= 0.6 is 23.2 Å². The van der Waals surface area contributed by atoms with Crippen LogP contribution in [-0.4, -0.2) is 17.8 Å². The van der Waals surface area contributed by atoms with Gasteiger partial charge in [0.25, 0.3) is 0 Å². The molecule has 2 nitrogen and oxygen atoms in total. The summed E-state index contributed by atoms with van der Waals surface area (Å²) in [6.07, 6.45) is 0.808. The number of hydrogen-bond acceptors (Lipinski definition) is 2. The molecule has 0 unspecified atom stereocenters. The molecule has 0 aromatic heterocycles. The smallest absolute Gasteiger partial charge is 0.0640 e. The average molecular weight is 232 g/mol. The molecule has 76 valence electrons. The fourth-order valence-corrected chi connectivity index (χ4v) is 2.16. The van der Waals surface area contributed by atoms with Crippen molar-refractivity contribution in [3.05, 3.63) is 33.3 Å². The highest BCUT2D eigenvalue weighted by molar-refractivity contribution is 6.42. The normalized spacial score (nSPS) is 20.6. The predicted molar refractivity (Wildman–Crippen MR) is 57.9 cm³/mol. The summed E-state index contributed by atoms with van der Waals surface area (Å²) in [5.74, 6) is 0. The van der Waals surface area contributed by atoms with Crippen LogP contribution in [0.25, 0.3) is 0 Å². The van der Waals surface area contributed by atoms with Gasteiger partial charge in [-0.25, -0.2) is 0 Å². The Hall–Kier alpha value is -0.280. The van der Waals surface area contributed by atoms with Crippen molar-refractivity contribution in [3.63, 3.8) is 0 Å². The average Bonchev–Trinajstić information content (AvgIpc) is 2.23. The van der Waals surface area contributed by atoms with Gasteiger partial charge in [-0.1, -0.05) is 29.3 Å². The molecule has 0 amide bonds. The van der Waals surface area contributed by atoms with E-state index in [2.05, 4.69) is 5.32 Å². The molecule has 0 aliphatic carbocycles. The second-order valence-corrected chi connectivity index (χ2v) is 4.25. The number of aliphatic hydroxyl groups excluding tert-OH is 1. The Kier molecular flexibility index (Phi) is 2.98. The zero-order chi connectivity index (χ0) is 10.1. The van der Waals surface area contributed by atoms with Crippen LogP contribution in [0.4, 0.5) is 0 Å². The van der Waals surface area contributed by atoms with Crippen molar-refractivity contribution in [2.24, 2.45) is 0 Å². The second-order valence-electron chi connectivity index (χ2n) is 3.46. The summed E-state index contributed by atoms with van der Waals surface area (Å²) < 4.78 is 0. The molecule has 1 aliphatic heterocycles. The van der Waals surface area contributed by atoms with Gasteiger partial charge in [-0.3, -0.25) is 0 Å². The summed E-state index contributed by atoms with van der Waals surface area (Å²) in [5.41, 5.74) is 2.24. The lowest BCUT2D eigenvalue weighted by Gasteiger charge is -2.25. The molecule has 1 aromatic rings. The molecule has 1 heterocycles. The van der Waals surface area contributed by atoms with Crippen LogP contribution < -0.4 is 5.32 Å². The standard InChI is InChI=1S/C10H11Cl2NO/c11-9-2-1-6-3-7(5-14)13-4-8(6)10(9)12/h1-2,7,13-14H,3-5H2/t7-/m0/s1. The summed E-state index contributed by atoms with van der Waals surface area (Å²) >= 11 is 12.0. The van der Waals surface area contributed by atoms with Crippen LogP contribution in [0.2, 0.25) is 10.0 Å². The molecule has 1 aromatic carbocycles. The fraction of sp³-hybridized carbons (Fsp3) is 0.400. The summed E-state index contributed by atoms with van der Waals surface area (Å²) in [4.78, 5) is 0. The lowest BCUT2D eigenvalue weighted by Crippen LogP contribution is -2.38. The van der Waals surface area contributed by atoms with E-state index in [1.54, 1.807) is 0 Å². The molecular weight excluding hydrogens is 221 g/mol. The molecule has 1 aliphatic rings. The van der Waals surface area contributed by atoms with Crippen LogP contribution in [0, 0.1) is 0 Å². The third-order valence-electron chi connectivity index (χ3n) is 2.55. The van der Waals surface area contributed by atoms with E-state index in [9.17, 15) is 0 Å². The highest BCUT2D eigenvalue weighted by Crippen LogP contribution is 2.30. The number of hydrogen-bond donors (Lipinski definition) is 2. The van der Waals surface area contributed by atoms with Gasteiger partial charge in [-0.2, -0.15) is 0 Å². The van der Waals surface area contributed by atoms with E-state index in [0.29, 0.717) is 16.6 Å². The van der Waals surface area contributed by atoms with Gasteiger partial charge in [-0.15, -0.1) is 0 Å². The van der Waals surface area contributed by atoms with Crippen molar-refractivity contribution in [2.45, 2.75) is 19.0 Å². The molecule has 2 rings (SSSR count). The van der Waals surface area contributed by atoms with E-state index in [1.165, 1.54) is 5.56 Å². The van der Waals surface area contributed by atoms with Gasteiger partial charge < -0.3 is 10.4 Å². The second kappa shape index (κ2) is 4.07. The third kappa shape index (κ3) is 1.75. The zero-order valence-corrected chi connectivity index (χ0v) is 9.07. The Morgan fingerprint density at radius 3 is 2.93 bits per heavy atom. The van der Waals surface area contributed by atoms with Crippen molar-refractivity contribution in [3.8, 4) is 0 Å². The topological polar surface area (TPSA) is 32.3 Å². The Labute approximate surface area is 92.8 Å². The van der Waals surface area contributed by atoms with E-state index in [4.69, 9.17) is 28.3 Å². The van der Waals surface area contributed by atoms with Crippen LogP contribution in [0.1, 0.15) is 11.1 Å². The quantitative estimate of drug-likeness (QED) is 0.776. The van der Waals surface area contributed by atoms with Gasteiger partial charge in [0.2, 0.25) is 0 Å². The minimum Gasteiger partial charge on any atom is -0.395 e. The maximum atomic E-state index is 9.02. The van der Waals surface area contributed by atoms with Crippen molar-refractivity contribution in [1.82, 2.24) is 5.32 Å². The van der Waals surface area contributed by atoms with E-state index >= 15 is 0 Å². The third-order valence-corrected chi connectivity index (χ3v) is 3.39. The van der Waals surface area contributed by atoms with Crippen LogP contribution in [0.15, 0.2) is 12.1 Å². The Morgan fingerprint density at radius 2 is 2.21 bits per heavy atom. The maximum absolute atomic E-state index is 9.02. The fourth-order valence-electron chi connectivity index (χ4n) is 1.73. The van der Waals surface area contributed by atoms with Crippen molar-refractivity contribution >= 4 is 23.2 Å². The SMILES string of the molecule is OC[C@@H]1Cc2ccc(Cl)c(Cl)c2CN1.